The van der Waals surface area contributed by atoms with Gasteiger partial charge in [-0.1, -0.05) is 18.2 Å². The summed E-state index contributed by atoms with van der Waals surface area (Å²) >= 11 is 0. The fourth-order valence-electron chi connectivity index (χ4n) is 0.910. The van der Waals surface area contributed by atoms with Gasteiger partial charge >= 0.3 is 5.97 Å². The van der Waals surface area contributed by atoms with Gasteiger partial charge in [-0.05, 0) is 20.8 Å². The van der Waals surface area contributed by atoms with Crippen LogP contribution in [0.5, 0.6) is 0 Å². The van der Waals surface area contributed by atoms with Crippen LogP contribution in [0.4, 0.5) is 0 Å². The van der Waals surface area contributed by atoms with E-state index in [1.165, 1.54) is 6.08 Å². The molecule has 0 bridgehead atoms. The van der Waals surface area contributed by atoms with E-state index in [1.807, 2.05) is 0 Å². The molecule has 0 aromatic rings. The third-order valence-corrected chi connectivity index (χ3v) is 1.52. The third-order valence-electron chi connectivity index (χ3n) is 1.52. The Morgan fingerprint density at radius 2 is 2.15 bits per heavy atom. The highest BCUT2D eigenvalue weighted by atomic mass is 16.5. The standard InChI is InChI=1S/C10H16O3/c1-4-7-9(11)8(5-2)10(12)13-6-3/h4-5,7,9,11H,6H2,1-3H3/b7-4+,8-5-. The normalized spacial score (nSPS) is 14.6. The molecule has 1 N–H and O–H groups in total. The number of allylic oxidation sites excluding steroid dienone is 2. The van der Waals surface area contributed by atoms with E-state index in [4.69, 9.17) is 4.74 Å². The molecule has 0 heterocycles. The molecule has 1 atom stereocenters. The zero-order chi connectivity index (χ0) is 10.3. The van der Waals surface area contributed by atoms with E-state index in [-0.39, 0.29) is 5.57 Å². The fourth-order valence-corrected chi connectivity index (χ4v) is 0.910. The van der Waals surface area contributed by atoms with Crippen LogP contribution in [0.3, 0.4) is 0 Å². The predicted molar refractivity (Wildman–Crippen MR) is 51.2 cm³/mol. The van der Waals surface area contributed by atoms with Crippen LogP contribution < -0.4 is 0 Å². The summed E-state index contributed by atoms with van der Waals surface area (Å²) < 4.78 is 4.76. The zero-order valence-corrected chi connectivity index (χ0v) is 8.28. The summed E-state index contributed by atoms with van der Waals surface area (Å²) in [5.41, 5.74) is 0.278. The maximum atomic E-state index is 11.2. The second-order valence-corrected chi connectivity index (χ2v) is 2.44. The van der Waals surface area contributed by atoms with Gasteiger partial charge in [-0.3, -0.25) is 0 Å². The third kappa shape index (κ3) is 3.90. The molecule has 0 aliphatic heterocycles. The van der Waals surface area contributed by atoms with Crippen LogP contribution in [-0.4, -0.2) is 23.8 Å². The van der Waals surface area contributed by atoms with Crippen molar-refractivity contribution in [2.45, 2.75) is 26.9 Å². The van der Waals surface area contributed by atoms with E-state index in [2.05, 4.69) is 0 Å². The first-order valence-corrected chi connectivity index (χ1v) is 4.31. The highest BCUT2D eigenvalue weighted by Crippen LogP contribution is 2.06. The minimum Gasteiger partial charge on any atom is -0.463 e. The first kappa shape index (κ1) is 11.9. The van der Waals surface area contributed by atoms with Crippen LogP contribution in [0.1, 0.15) is 20.8 Å². The highest BCUT2D eigenvalue weighted by molar-refractivity contribution is 5.89. The van der Waals surface area contributed by atoms with Crippen LogP contribution in [-0.2, 0) is 9.53 Å². The molecule has 0 saturated carbocycles. The Labute approximate surface area is 78.7 Å². The number of ether oxygens (including phenoxy) is 1. The van der Waals surface area contributed by atoms with E-state index in [0.717, 1.165) is 0 Å². The molecule has 1 unspecified atom stereocenters. The van der Waals surface area contributed by atoms with Crippen LogP contribution in [0.15, 0.2) is 23.8 Å². The van der Waals surface area contributed by atoms with Gasteiger partial charge in [0.05, 0.1) is 12.2 Å². The molecule has 0 radical (unpaired) electrons. The van der Waals surface area contributed by atoms with Crippen molar-refractivity contribution in [3.05, 3.63) is 23.8 Å². The van der Waals surface area contributed by atoms with E-state index < -0.39 is 12.1 Å². The van der Waals surface area contributed by atoms with Gasteiger partial charge in [0.25, 0.3) is 0 Å². The van der Waals surface area contributed by atoms with Gasteiger partial charge < -0.3 is 9.84 Å². The number of rotatable bonds is 4. The van der Waals surface area contributed by atoms with E-state index in [1.54, 1.807) is 32.9 Å². The van der Waals surface area contributed by atoms with Crippen molar-refractivity contribution in [1.29, 1.82) is 0 Å². The van der Waals surface area contributed by atoms with Crippen molar-refractivity contribution in [1.82, 2.24) is 0 Å². The van der Waals surface area contributed by atoms with Crippen LogP contribution >= 0.6 is 0 Å². The Balaban J connectivity index is 4.43. The minimum atomic E-state index is -0.867. The van der Waals surface area contributed by atoms with Gasteiger partial charge in [0.15, 0.2) is 0 Å². The molecule has 0 aromatic heterocycles. The summed E-state index contributed by atoms with van der Waals surface area (Å²) in [7, 11) is 0. The number of hydrogen-bond acceptors (Lipinski definition) is 3. The lowest BCUT2D eigenvalue weighted by atomic mass is 10.1. The average molecular weight is 184 g/mol. The molecule has 0 aliphatic rings. The number of aliphatic hydroxyl groups excluding tert-OH is 1. The van der Waals surface area contributed by atoms with Crippen LogP contribution in [0.25, 0.3) is 0 Å². The molecule has 3 heteroatoms. The quantitative estimate of drug-likeness (QED) is 0.408. The van der Waals surface area contributed by atoms with Crippen LogP contribution in [0, 0.1) is 0 Å². The number of carbonyl (C=O) groups is 1. The second kappa shape index (κ2) is 6.43. The Hall–Kier alpha value is -1.09. The minimum absolute atomic E-state index is 0.278. The molecule has 0 aromatic carbocycles. The second-order valence-electron chi connectivity index (χ2n) is 2.44. The summed E-state index contributed by atoms with van der Waals surface area (Å²) in [6.07, 6.45) is 3.91. The molecule has 0 saturated heterocycles. The van der Waals surface area contributed by atoms with Crippen LogP contribution in [0.2, 0.25) is 0 Å². The van der Waals surface area contributed by atoms with E-state index in [0.29, 0.717) is 6.61 Å². The van der Waals surface area contributed by atoms with Gasteiger partial charge in [-0.15, -0.1) is 0 Å². The average Bonchev–Trinajstić information content (AvgIpc) is 2.06. The van der Waals surface area contributed by atoms with Crippen molar-refractivity contribution >= 4 is 5.97 Å². The molecule has 0 aliphatic carbocycles. The lowest BCUT2D eigenvalue weighted by Gasteiger charge is -2.09. The Bertz CT molecular complexity index is 216. The highest BCUT2D eigenvalue weighted by Gasteiger charge is 2.15. The van der Waals surface area contributed by atoms with E-state index in [9.17, 15) is 9.90 Å². The Kier molecular flexibility index (Phi) is 5.89. The van der Waals surface area contributed by atoms with Crippen molar-refractivity contribution in [3.8, 4) is 0 Å². The largest absolute Gasteiger partial charge is 0.463 e. The zero-order valence-electron chi connectivity index (χ0n) is 8.28. The first-order chi connectivity index (χ1) is 6.17. The first-order valence-electron chi connectivity index (χ1n) is 4.31. The van der Waals surface area contributed by atoms with Gasteiger partial charge in [-0.2, -0.15) is 0 Å². The molecule has 0 rings (SSSR count). The van der Waals surface area contributed by atoms with Crippen molar-refractivity contribution < 1.29 is 14.6 Å². The molecular formula is C10H16O3. The molecule has 0 spiro atoms. The maximum absolute atomic E-state index is 11.2. The number of carbonyl (C=O) groups excluding carboxylic acids is 1. The van der Waals surface area contributed by atoms with E-state index >= 15 is 0 Å². The predicted octanol–water partition coefficient (Wildman–Crippen LogP) is 1.43. The summed E-state index contributed by atoms with van der Waals surface area (Å²) in [6, 6.07) is 0. The lowest BCUT2D eigenvalue weighted by Crippen LogP contribution is -2.18. The molecule has 0 amide bonds. The number of aliphatic hydroxyl groups is 1. The SMILES string of the molecule is C/C=C(\C(=O)OCC)C(O)/C=C/C. The van der Waals surface area contributed by atoms with Gasteiger partial charge in [0.1, 0.15) is 6.10 Å². The van der Waals surface area contributed by atoms with Gasteiger partial charge in [-0.25, -0.2) is 4.79 Å². The number of esters is 1. The molecule has 74 valence electrons. The maximum Gasteiger partial charge on any atom is 0.336 e. The summed E-state index contributed by atoms with van der Waals surface area (Å²) in [4.78, 5) is 11.2. The number of hydrogen-bond donors (Lipinski definition) is 1. The lowest BCUT2D eigenvalue weighted by molar-refractivity contribution is -0.139. The topological polar surface area (TPSA) is 46.5 Å². The van der Waals surface area contributed by atoms with Crippen molar-refractivity contribution in [3.63, 3.8) is 0 Å². The molecular weight excluding hydrogens is 168 g/mol. The summed E-state index contributed by atoms with van der Waals surface area (Å²) in [6.45, 7) is 5.52. The fraction of sp³-hybridized carbons (Fsp3) is 0.500. The molecule has 13 heavy (non-hydrogen) atoms. The summed E-state index contributed by atoms with van der Waals surface area (Å²) in [5.74, 6) is -0.462. The Morgan fingerprint density at radius 3 is 2.54 bits per heavy atom. The van der Waals surface area contributed by atoms with Crippen molar-refractivity contribution in [2.24, 2.45) is 0 Å². The summed E-state index contributed by atoms with van der Waals surface area (Å²) in [5, 5.41) is 9.45. The monoisotopic (exact) mass is 184 g/mol. The molecule has 0 fully saturated rings. The van der Waals surface area contributed by atoms with Gasteiger partial charge in [0, 0.05) is 0 Å². The van der Waals surface area contributed by atoms with Gasteiger partial charge in [0.2, 0.25) is 0 Å². The molecule has 3 nitrogen and oxygen atoms in total. The Morgan fingerprint density at radius 1 is 1.54 bits per heavy atom. The van der Waals surface area contributed by atoms with Crippen molar-refractivity contribution in [2.75, 3.05) is 6.61 Å². The smallest absolute Gasteiger partial charge is 0.336 e.